The molecule has 1 saturated heterocycles. The Labute approximate surface area is 114 Å². The molecule has 0 aromatic rings. The van der Waals surface area contributed by atoms with Crippen LogP contribution >= 0.6 is 15.9 Å². The van der Waals surface area contributed by atoms with Crippen molar-refractivity contribution in [2.24, 2.45) is 17.3 Å². The second-order valence-corrected chi connectivity index (χ2v) is 7.88. The minimum absolute atomic E-state index is 0.135. The molecule has 3 aliphatic rings. The molecule has 17 heavy (non-hydrogen) atoms. The summed E-state index contributed by atoms with van der Waals surface area (Å²) in [5.41, 5.74) is 0.712. The zero-order valence-electron chi connectivity index (χ0n) is 11.2. The lowest BCUT2D eigenvalue weighted by molar-refractivity contribution is -0.0399. The van der Waals surface area contributed by atoms with Crippen LogP contribution in [-0.4, -0.2) is 17.0 Å². The SMILES string of the molecule is CC1(C)CCC(CC2(CBr)CC3CCC2C3)O1. The topological polar surface area (TPSA) is 9.23 Å². The average Bonchev–Trinajstić information content (AvgIpc) is 2.93. The monoisotopic (exact) mass is 300 g/mol. The summed E-state index contributed by atoms with van der Waals surface area (Å²) in [6.45, 7) is 4.49. The smallest absolute Gasteiger partial charge is 0.0631 e. The number of rotatable bonds is 3. The van der Waals surface area contributed by atoms with E-state index in [1.807, 2.05) is 0 Å². The van der Waals surface area contributed by atoms with Crippen LogP contribution in [0.15, 0.2) is 0 Å². The molecular weight excluding hydrogens is 276 g/mol. The number of alkyl halides is 1. The van der Waals surface area contributed by atoms with Gasteiger partial charge in [0.2, 0.25) is 0 Å². The Kier molecular flexibility index (Phi) is 3.10. The fraction of sp³-hybridized carbons (Fsp3) is 1.00. The van der Waals surface area contributed by atoms with Crippen LogP contribution in [0.5, 0.6) is 0 Å². The summed E-state index contributed by atoms with van der Waals surface area (Å²) in [6.07, 6.45) is 10.3. The molecule has 0 amide bonds. The first kappa shape index (κ1) is 12.5. The van der Waals surface area contributed by atoms with Gasteiger partial charge in [0.15, 0.2) is 0 Å². The summed E-state index contributed by atoms with van der Waals surface area (Å²) in [5, 5.41) is 1.20. The molecule has 4 atom stereocenters. The third-order valence-electron chi connectivity index (χ3n) is 5.56. The molecule has 2 saturated carbocycles. The fourth-order valence-corrected chi connectivity index (χ4v) is 5.62. The zero-order chi connectivity index (χ0) is 12.1. The van der Waals surface area contributed by atoms with E-state index in [2.05, 4.69) is 29.8 Å². The lowest BCUT2D eigenvalue weighted by Gasteiger charge is -2.38. The Balaban J connectivity index is 1.67. The second-order valence-electron chi connectivity index (χ2n) is 7.32. The molecule has 0 aromatic heterocycles. The standard InChI is InChI=1S/C15H25BrO/c1-14(2)6-5-13(17-14)9-15(10-16)8-11-3-4-12(15)7-11/h11-13H,3-10H2,1-2H3. The maximum atomic E-state index is 6.22. The van der Waals surface area contributed by atoms with Gasteiger partial charge in [0.05, 0.1) is 11.7 Å². The van der Waals surface area contributed by atoms with Crippen molar-refractivity contribution in [3.63, 3.8) is 0 Å². The van der Waals surface area contributed by atoms with E-state index < -0.39 is 0 Å². The van der Waals surface area contributed by atoms with E-state index >= 15 is 0 Å². The largest absolute Gasteiger partial charge is 0.372 e. The third-order valence-corrected chi connectivity index (χ3v) is 6.67. The van der Waals surface area contributed by atoms with E-state index in [9.17, 15) is 0 Å². The van der Waals surface area contributed by atoms with Gasteiger partial charge in [-0.1, -0.05) is 22.4 Å². The van der Waals surface area contributed by atoms with Crippen LogP contribution in [0.4, 0.5) is 0 Å². The van der Waals surface area contributed by atoms with Gasteiger partial charge in [-0.2, -0.15) is 0 Å². The number of hydrogen-bond donors (Lipinski definition) is 0. The van der Waals surface area contributed by atoms with Gasteiger partial charge in [-0.3, -0.25) is 0 Å². The highest BCUT2D eigenvalue weighted by Gasteiger charge is 2.51. The van der Waals surface area contributed by atoms with Crippen molar-refractivity contribution in [2.45, 2.75) is 70.5 Å². The van der Waals surface area contributed by atoms with E-state index in [1.54, 1.807) is 0 Å². The van der Waals surface area contributed by atoms with Gasteiger partial charge in [-0.15, -0.1) is 0 Å². The number of ether oxygens (including phenoxy) is 1. The van der Waals surface area contributed by atoms with Gasteiger partial charge in [0.1, 0.15) is 0 Å². The number of hydrogen-bond acceptors (Lipinski definition) is 1. The number of fused-ring (bicyclic) bond motifs is 2. The predicted octanol–water partition coefficient (Wildman–Crippen LogP) is 4.54. The van der Waals surface area contributed by atoms with Gasteiger partial charge in [0, 0.05) is 5.33 Å². The summed E-state index contributed by atoms with van der Waals surface area (Å²) < 4.78 is 6.22. The van der Waals surface area contributed by atoms with Gasteiger partial charge >= 0.3 is 0 Å². The highest BCUT2D eigenvalue weighted by Crippen LogP contribution is 2.59. The van der Waals surface area contributed by atoms with Gasteiger partial charge < -0.3 is 4.74 Å². The van der Waals surface area contributed by atoms with E-state index in [-0.39, 0.29) is 5.60 Å². The molecule has 4 unspecified atom stereocenters. The average molecular weight is 301 g/mol. The highest BCUT2D eigenvalue weighted by atomic mass is 79.9. The molecule has 0 N–H and O–H groups in total. The lowest BCUT2D eigenvalue weighted by atomic mass is 9.71. The summed E-state index contributed by atoms with van der Waals surface area (Å²) in [5.74, 6) is 2.02. The van der Waals surface area contributed by atoms with Crippen LogP contribution in [0.2, 0.25) is 0 Å². The Morgan fingerprint density at radius 2 is 2.06 bits per heavy atom. The van der Waals surface area contributed by atoms with Crippen molar-refractivity contribution in [3.05, 3.63) is 0 Å². The molecule has 3 rings (SSSR count). The van der Waals surface area contributed by atoms with Crippen LogP contribution in [0, 0.1) is 17.3 Å². The maximum absolute atomic E-state index is 6.22. The molecule has 0 radical (unpaired) electrons. The fourth-order valence-electron chi connectivity index (χ4n) is 4.70. The van der Waals surface area contributed by atoms with Crippen molar-refractivity contribution < 1.29 is 4.74 Å². The van der Waals surface area contributed by atoms with Gasteiger partial charge in [0.25, 0.3) is 0 Å². The zero-order valence-corrected chi connectivity index (χ0v) is 12.8. The van der Waals surface area contributed by atoms with Crippen LogP contribution in [0.1, 0.15) is 58.8 Å². The molecule has 1 heterocycles. The van der Waals surface area contributed by atoms with Crippen molar-refractivity contribution in [3.8, 4) is 0 Å². The Morgan fingerprint density at radius 1 is 1.24 bits per heavy atom. The van der Waals surface area contributed by atoms with Crippen LogP contribution in [0.25, 0.3) is 0 Å². The Bertz CT molecular complexity index is 301. The first-order valence-electron chi connectivity index (χ1n) is 7.27. The Morgan fingerprint density at radius 3 is 2.53 bits per heavy atom. The van der Waals surface area contributed by atoms with Gasteiger partial charge in [-0.05, 0) is 69.6 Å². The molecule has 2 bridgehead atoms. The Hall–Kier alpha value is 0.440. The molecule has 1 aliphatic heterocycles. The molecular formula is C15H25BrO. The molecule has 1 nitrogen and oxygen atoms in total. The van der Waals surface area contributed by atoms with E-state index in [1.165, 1.54) is 50.3 Å². The minimum atomic E-state index is 0.135. The molecule has 0 aromatic carbocycles. The van der Waals surface area contributed by atoms with Gasteiger partial charge in [-0.25, -0.2) is 0 Å². The summed E-state index contributed by atoms with van der Waals surface area (Å²) >= 11 is 3.82. The molecule has 2 aliphatic carbocycles. The lowest BCUT2D eigenvalue weighted by Crippen LogP contribution is -2.34. The van der Waals surface area contributed by atoms with Crippen molar-refractivity contribution in [1.29, 1.82) is 0 Å². The predicted molar refractivity (Wildman–Crippen MR) is 74.5 cm³/mol. The van der Waals surface area contributed by atoms with Crippen molar-refractivity contribution >= 4 is 15.9 Å². The molecule has 0 spiro atoms. The van der Waals surface area contributed by atoms with Crippen LogP contribution in [0.3, 0.4) is 0 Å². The quantitative estimate of drug-likeness (QED) is 0.696. The van der Waals surface area contributed by atoms with Crippen LogP contribution in [-0.2, 0) is 4.74 Å². The van der Waals surface area contributed by atoms with E-state index in [0.717, 1.165) is 11.8 Å². The number of halogens is 1. The summed E-state index contributed by atoms with van der Waals surface area (Å²) in [7, 11) is 0. The minimum Gasteiger partial charge on any atom is -0.372 e. The first-order valence-corrected chi connectivity index (χ1v) is 8.39. The van der Waals surface area contributed by atoms with Crippen LogP contribution < -0.4 is 0 Å². The second kappa shape index (κ2) is 4.23. The molecule has 98 valence electrons. The normalized spacial score (nSPS) is 47.8. The van der Waals surface area contributed by atoms with E-state index in [4.69, 9.17) is 4.74 Å². The van der Waals surface area contributed by atoms with Crippen molar-refractivity contribution in [1.82, 2.24) is 0 Å². The summed E-state index contributed by atoms with van der Waals surface area (Å²) in [4.78, 5) is 0. The highest BCUT2D eigenvalue weighted by molar-refractivity contribution is 9.09. The first-order chi connectivity index (χ1) is 8.03. The molecule has 3 fully saturated rings. The third kappa shape index (κ3) is 2.20. The summed E-state index contributed by atoms with van der Waals surface area (Å²) in [6, 6.07) is 0. The maximum Gasteiger partial charge on any atom is 0.0631 e. The van der Waals surface area contributed by atoms with Crippen molar-refractivity contribution in [2.75, 3.05) is 5.33 Å². The molecule has 2 heteroatoms. The van der Waals surface area contributed by atoms with E-state index in [0.29, 0.717) is 11.5 Å².